The molecule has 0 saturated heterocycles. The summed E-state index contributed by atoms with van der Waals surface area (Å²) in [7, 11) is 3.04. The van der Waals surface area contributed by atoms with Gasteiger partial charge in [0.1, 0.15) is 0 Å². The van der Waals surface area contributed by atoms with E-state index < -0.39 is 5.60 Å². The summed E-state index contributed by atoms with van der Waals surface area (Å²) in [5.74, 6) is 0.998. The van der Waals surface area contributed by atoms with E-state index in [9.17, 15) is 5.11 Å². The fraction of sp³-hybridized carbons (Fsp3) is 0.417. The van der Waals surface area contributed by atoms with Crippen LogP contribution in [0.5, 0.6) is 11.5 Å². The predicted molar refractivity (Wildman–Crippen MR) is 57.4 cm³/mol. The van der Waals surface area contributed by atoms with Crippen molar-refractivity contribution in [3.05, 3.63) is 23.3 Å². The third-order valence-electron chi connectivity index (χ3n) is 2.83. The van der Waals surface area contributed by atoms with Crippen LogP contribution in [0.4, 0.5) is 0 Å². The zero-order chi connectivity index (χ0) is 11.8. The van der Waals surface area contributed by atoms with Crippen molar-refractivity contribution in [3.8, 4) is 17.6 Å². The van der Waals surface area contributed by atoms with Gasteiger partial charge in [-0.25, -0.2) is 0 Å². The van der Waals surface area contributed by atoms with Crippen molar-refractivity contribution < 1.29 is 14.6 Å². The molecule has 1 aromatic rings. The molecule has 0 amide bonds. The Labute approximate surface area is 94.0 Å². The molecule has 1 aliphatic rings. The summed E-state index contributed by atoms with van der Waals surface area (Å²) >= 11 is 0. The zero-order valence-electron chi connectivity index (χ0n) is 9.28. The lowest BCUT2D eigenvalue weighted by molar-refractivity contribution is 0.146. The van der Waals surface area contributed by atoms with Gasteiger partial charge < -0.3 is 14.6 Å². The Morgan fingerprint density at radius 1 is 1.31 bits per heavy atom. The second-order valence-electron chi connectivity index (χ2n) is 3.90. The van der Waals surface area contributed by atoms with E-state index >= 15 is 0 Å². The molecule has 1 aromatic carbocycles. The molecule has 1 N–H and O–H groups in total. The van der Waals surface area contributed by atoms with Crippen molar-refractivity contribution in [2.75, 3.05) is 14.2 Å². The van der Waals surface area contributed by atoms with Crippen molar-refractivity contribution in [1.82, 2.24) is 0 Å². The quantitative estimate of drug-likeness (QED) is 0.837. The fourth-order valence-corrected chi connectivity index (χ4v) is 1.76. The van der Waals surface area contributed by atoms with Crippen molar-refractivity contribution in [2.24, 2.45) is 0 Å². The smallest absolute Gasteiger partial charge is 0.166 e. The molecule has 0 spiro atoms. The Morgan fingerprint density at radius 3 is 2.44 bits per heavy atom. The fourth-order valence-electron chi connectivity index (χ4n) is 1.76. The third kappa shape index (κ3) is 1.59. The van der Waals surface area contributed by atoms with E-state index in [2.05, 4.69) is 0 Å². The predicted octanol–water partition coefficient (Wildman–Crippen LogP) is 1.56. The molecule has 0 unspecified atom stereocenters. The van der Waals surface area contributed by atoms with E-state index in [0.717, 1.165) is 0 Å². The molecule has 0 bridgehead atoms. The standard InChI is InChI=1S/C12H13NO3/c1-15-10-6-8(7-13)5-9(11(10)16-2)12(14)3-4-12/h5-6,14H,3-4H2,1-2H3. The monoisotopic (exact) mass is 219 g/mol. The number of methoxy groups -OCH3 is 2. The van der Waals surface area contributed by atoms with Crippen LogP contribution >= 0.6 is 0 Å². The topological polar surface area (TPSA) is 62.5 Å². The van der Waals surface area contributed by atoms with Crippen LogP contribution < -0.4 is 9.47 Å². The van der Waals surface area contributed by atoms with Gasteiger partial charge in [-0.15, -0.1) is 0 Å². The number of hydrogen-bond donors (Lipinski definition) is 1. The van der Waals surface area contributed by atoms with Gasteiger partial charge in [0, 0.05) is 11.6 Å². The van der Waals surface area contributed by atoms with Crippen molar-refractivity contribution in [3.63, 3.8) is 0 Å². The second kappa shape index (κ2) is 3.69. The summed E-state index contributed by atoms with van der Waals surface area (Å²) in [6, 6.07) is 5.31. The molecule has 0 radical (unpaired) electrons. The summed E-state index contributed by atoms with van der Waals surface area (Å²) in [4.78, 5) is 0. The van der Waals surface area contributed by atoms with Gasteiger partial charge in [-0.2, -0.15) is 5.26 Å². The Morgan fingerprint density at radius 2 is 2.00 bits per heavy atom. The van der Waals surface area contributed by atoms with Crippen molar-refractivity contribution in [1.29, 1.82) is 5.26 Å². The summed E-state index contributed by atoms with van der Waals surface area (Å²) in [5.41, 5.74) is 0.268. The Hall–Kier alpha value is -1.73. The minimum absolute atomic E-state index is 0.466. The molecule has 16 heavy (non-hydrogen) atoms. The number of rotatable bonds is 3. The summed E-state index contributed by atoms with van der Waals surface area (Å²) < 4.78 is 10.4. The highest BCUT2D eigenvalue weighted by atomic mass is 16.5. The molecular weight excluding hydrogens is 206 g/mol. The molecule has 0 heterocycles. The SMILES string of the molecule is COc1cc(C#N)cc(C2(O)CC2)c1OC. The van der Waals surface area contributed by atoms with Crippen LogP contribution in [-0.2, 0) is 5.60 Å². The van der Waals surface area contributed by atoms with Gasteiger partial charge in [0.25, 0.3) is 0 Å². The third-order valence-corrected chi connectivity index (χ3v) is 2.83. The van der Waals surface area contributed by atoms with Crippen molar-refractivity contribution >= 4 is 0 Å². The molecule has 0 aliphatic heterocycles. The highest BCUT2D eigenvalue weighted by Crippen LogP contribution is 2.51. The second-order valence-corrected chi connectivity index (χ2v) is 3.90. The summed E-state index contributed by atoms with van der Waals surface area (Å²) in [6.45, 7) is 0. The highest BCUT2D eigenvalue weighted by Gasteiger charge is 2.45. The molecule has 1 aliphatic carbocycles. The van der Waals surface area contributed by atoms with Crippen LogP contribution in [-0.4, -0.2) is 19.3 Å². The van der Waals surface area contributed by atoms with Crippen LogP contribution in [0.15, 0.2) is 12.1 Å². The number of hydrogen-bond acceptors (Lipinski definition) is 4. The van der Waals surface area contributed by atoms with E-state index in [1.54, 1.807) is 12.1 Å². The average Bonchev–Trinajstić information content (AvgIpc) is 3.06. The van der Waals surface area contributed by atoms with Gasteiger partial charge in [-0.1, -0.05) is 0 Å². The normalized spacial score (nSPS) is 16.4. The van der Waals surface area contributed by atoms with Crippen LogP contribution in [0.2, 0.25) is 0 Å². The Kier molecular flexibility index (Phi) is 2.49. The molecule has 1 saturated carbocycles. The lowest BCUT2D eigenvalue weighted by Crippen LogP contribution is -2.08. The Balaban J connectivity index is 2.61. The molecule has 2 rings (SSSR count). The minimum atomic E-state index is -0.842. The van der Waals surface area contributed by atoms with Gasteiger partial charge in [-0.05, 0) is 18.9 Å². The zero-order valence-corrected chi connectivity index (χ0v) is 9.28. The first kappa shape index (κ1) is 10.8. The van der Waals surface area contributed by atoms with Crippen LogP contribution in [0, 0.1) is 11.3 Å². The molecule has 4 nitrogen and oxygen atoms in total. The van der Waals surface area contributed by atoms with E-state index in [1.807, 2.05) is 6.07 Å². The molecular formula is C12H13NO3. The number of ether oxygens (including phenoxy) is 2. The van der Waals surface area contributed by atoms with E-state index in [1.165, 1.54) is 14.2 Å². The molecule has 1 fully saturated rings. The first-order valence-corrected chi connectivity index (χ1v) is 5.03. The van der Waals surface area contributed by atoms with E-state index in [4.69, 9.17) is 14.7 Å². The van der Waals surface area contributed by atoms with E-state index in [-0.39, 0.29) is 0 Å². The maximum Gasteiger partial charge on any atom is 0.166 e. The molecule has 0 aromatic heterocycles. The number of nitrogens with zero attached hydrogens (tertiary/aromatic N) is 1. The van der Waals surface area contributed by atoms with E-state index in [0.29, 0.717) is 35.5 Å². The minimum Gasteiger partial charge on any atom is -0.493 e. The highest BCUT2D eigenvalue weighted by molar-refractivity contribution is 5.55. The average molecular weight is 219 g/mol. The number of benzene rings is 1. The van der Waals surface area contributed by atoms with Gasteiger partial charge >= 0.3 is 0 Å². The van der Waals surface area contributed by atoms with Crippen molar-refractivity contribution in [2.45, 2.75) is 18.4 Å². The van der Waals surface area contributed by atoms with Gasteiger partial charge in [0.2, 0.25) is 0 Å². The van der Waals surface area contributed by atoms with Gasteiger partial charge in [0.15, 0.2) is 11.5 Å². The summed E-state index contributed by atoms with van der Waals surface area (Å²) in [5, 5.41) is 19.0. The lowest BCUT2D eigenvalue weighted by atomic mass is 10.0. The largest absolute Gasteiger partial charge is 0.493 e. The summed E-state index contributed by atoms with van der Waals surface area (Å²) in [6.07, 6.45) is 1.39. The number of nitriles is 1. The maximum absolute atomic E-state index is 10.1. The molecule has 4 heteroatoms. The molecule has 84 valence electrons. The maximum atomic E-state index is 10.1. The first-order valence-electron chi connectivity index (χ1n) is 5.03. The number of aliphatic hydroxyl groups is 1. The lowest BCUT2D eigenvalue weighted by Gasteiger charge is -2.16. The van der Waals surface area contributed by atoms with Crippen LogP contribution in [0.3, 0.4) is 0 Å². The first-order chi connectivity index (χ1) is 7.64. The Bertz CT molecular complexity index is 458. The molecule has 0 atom stereocenters. The van der Waals surface area contributed by atoms with Crippen LogP contribution in [0.25, 0.3) is 0 Å². The van der Waals surface area contributed by atoms with Crippen LogP contribution in [0.1, 0.15) is 24.0 Å². The van der Waals surface area contributed by atoms with Gasteiger partial charge in [0.05, 0.1) is 31.5 Å². The van der Waals surface area contributed by atoms with Gasteiger partial charge in [-0.3, -0.25) is 0 Å².